The molecule has 1 aromatic heterocycles. The van der Waals surface area contributed by atoms with Crippen LogP contribution in [0.1, 0.15) is 16.9 Å². The van der Waals surface area contributed by atoms with E-state index in [1.165, 1.54) is 19.2 Å². The minimum atomic E-state index is -0.638. The number of esters is 1. The zero-order chi connectivity index (χ0) is 13.8. The minimum Gasteiger partial charge on any atom is -0.464 e. The van der Waals surface area contributed by atoms with Gasteiger partial charge in [-0.15, -0.1) is 0 Å². The van der Waals surface area contributed by atoms with Crippen LogP contribution < -0.4 is 5.32 Å². The summed E-state index contributed by atoms with van der Waals surface area (Å²) in [5, 5.41) is 13.8. The van der Waals surface area contributed by atoms with Crippen molar-refractivity contribution in [1.82, 2.24) is 4.98 Å². The molecule has 1 N–H and O–H groups in total. The summed E-state index contributed by atoms with van der Waals surface area (Å²) in [4.78, 5) is 25.7. The lowest BCUT2D eigenvalue weighted by atomic mass is 10.2. The smallest absolute Gasteiger partial charge is 0.356 e. The fourth-order valence-corrected chi connectivity index (χ4v) is 1.77. The van der Waals surface area contributed by atoms with Crippen LogP contribution in [0.3, 0.4) is 0 Å². The van der Waals surface area contributed by atoms with E-state index in [0.717, 1.165) is 6.42 Å². The average molecular weight is 267 g/mol. The monoisotopic (exact) mass is 267 g/mol. The largest absolute Gasteiger partial charge is 0.464 e. The molecule has 102 valence electrons. The molecule has 0 saturated carbocycles. The Morgan fingerprint density at radius 2 is 2.42 bits per heavy atom. The molecule has 1 aromatic rings. The van der Waals surface area contributed by atoms with Crippen molar-refractivity contribution >= 4 is 17.5 Å². The zero-order valence-electron chi connectivity index (χ0n) is 10.3. The first-order chi connectivity index (χ1) is 9.11. The van der Waals surface area contributed by atoms with Crippen molar-refractivity contribution in [2.24, 2.45) is 0 Å². The number of rotatable bonds is 4. The molecule has 1 aliphatic heterocycles. The molecule has 0 amide bonds. The average Bonchev–Trinajstić information content (AvgIpc) is 2.90. The Bertz CT molecular complexity index is 499. The van der Waals surface area contributed by atoms with E-state index < -0.39 is 10.9 Å². The van der Waals surface area contributed by atoms with Crippen LogP contribution in [-0.4, -0.2) is 42.2 Å². The Kier molecular flexibility index (Phi) is 3.91. The van der Waals surface area contributed by atoms with Crippen LogP contribution in [0.5, 0.6) is 0 Å². The molecular formula is C11H13N3O5. The van der Waals surface area contributed by atoms with E-state index in [2.05, 4.69) is 15.0 Å². The number of aromatic nitrogens is 1. The molecule has 0 radical (unpaired) electrons. The lowest BCUT2D eigenvalue weighted by molar-refractivity contribution is -0.384. The Morgan fingerprint density at radius 3 is 3.00 bits per heavy atom. The third kappa shape index (κ3) is 2.97. The Labute approximate surface area is 108 Å². The number of hydrogen-bond donors (Lipinski definition) is 1. The predicted molar refractivity (Wildman–Crippen MR) is 65.1 cm³/mol. The second kappa shape index (κ2) is 5.61. The molecule has 1 unspecified atom stereocenters. The van der Waals surface area contributed by atoms with Gasteiger partial charge in [-0.2, -0.15) is 0 Å². The highest BCUT2D eigenvalue weighted by atomic mass is 16.6. The maximum atomic E-state index is 11.4. The first kappa shape index (κ1) is 13.2. The van der Waals surface area contributed by atoms with Gasteiger partial charge in [0.2, 0.25) is 5.82 Å². The SMILES string of the molecule is COC(=O)c1ccc([N+](=O)[O-])c(NC2CCOC2)n1. The van der Waals surface area contributed by atoms with Crippen LogP contribution in [0.15, 0.2) is 12.1 Å². The minimum absolute atomic E-state index is 0.0227. The molecule has 0 spiro atoms. The Morgan fingerprint density at radius 1 is 1.63 bits per heavy atom. The molecule has 2 heterocycles. The number of nitrogens with one attached hydrogen (secondary N) is 1. The van der Waals surface area contributed by atoms with Gasteiger partial charge in [-0.1, -0.05) is 0 Å². The number of anilines is 1. The van der Waals surface area contributed by atoms with Gasteiger partial charge >= 0.3 is 11.7 Å². The van der Waals surface area contributed by atoms with Gasteiger partial charge in [-0.05, 0) is 12.5 Å². The van der Waals surface area contributed by atoms with Crippen molar-refractivity contribution in [3.05, 3.63) is 27.9 Å². The normalized spacial score (nSPS) is 18.1. The van der Waals surface area contributed by atoms with E-state index >= 15 is 0 Å². The summed E-state index contributed by atoms with van der Waals surface area (Å²) >= 11 is 0. The van der Waals surface area contributed by atoms with E-state index in [1.54, 1.807) is 0 Å². The van der Waals surface area contributed by atoms with E-state index in [9.17, 15) is 14.9 Å². The highest BCUT2D eigenvalue weighted by molar-refractivity contribution is 5.88. The third-order valence-electron chi connectivity index (χ3n) is 2.74. The fraction of sp³-hybridized carbons (Fsp3) is 0.455. The van der Waals surface area contributed by atoms with Gasteiger partial charge in [0.15, 0.2) is 5.69 Å². The van der Waals surface area contributed by atoms with Gasteiger partial charge in [0.05, 0.1) is 24.7 Å². The summed E-state index contributed by atoms with van der Waals surface area (Å²) < 4.78 is 9.71. The number of carbonyl (C=O) groups is 1. The second-order valence-electron chi connectivity index (χ2n) is 4.02. The lowest BCUT2D eigenvalue weighted by Gasteiger charge is -2.12. The van der Waals surface area contributed by atoms with Gasteiger partial charge in [0.1, 0.15) is 0 Å². The Balaban J connectivity index is 2.29. The molecule has 1 atom stereocenters. The van der Waals surface area contributed by atoms with Crippen LogP contribution in [0.2, 0.25) is 0 Å². The molecule has 1 aliphatic rings. The number of nitrogens with zero attached hydrogens (tertiary/aromatic N) is 2. The molecule has 8 nitrogen and oxygen atoms in total. The Hall–Kier alpha value is -2.22. The van der Waals surface area contributed by atoms with Gasteiger partial charge in [0, 0.05) is 12.7 Å². The molecule has 19 heavy (non-hydrogen) atoms. The molecule has 0 aromatic carbocycles. The number of carbonyl (C=O) groups excluding carboxylic acids is 1. The van der Waals surface area contributed by atoms with Crippen molar-refractivity contribution < 1.29 is 19.2 Å². The standard InChI is InChI=1S/C11H13N3O5/c1-18-11(15)8-2-3-9(14(16)17)10(13-8)12-7-4-5-19-6-7/h2-3,7H,4-6H2,1H3,(H,12,13). The zero-order valence-corrected chi connectivity index (χ0v) is 10.3. The summed E-state index contributed by atoms with van der Waals surface area (Å²) in [5.41, 5.74) is -0.158. The van der Waals surface area contributed by atoms with E-state index in [-0.39, 0.29) is 23.2 Å². The number of ether oxygens (including phenoxy) is 2. The highest BCUT2D eigenvalue weighted by Gasteiger charge is 2.23. The molecular weight excluding hydrogens is 254 g/mol. The highest BCUT2D eigenvalue weighted by Crippen LogP contribution is 2.24. The lowest BCUT2D eigenvalue weighted by Crippen LogP contribution is -2.21. The third-order valence-corrected chi connectivity index (χ3v) is 2.74. The van der Waals surface area contributed by atoms with Crippen molar-refractivity contribution in [3.8, 4) is 0 Å². The van der Waals surface area contributed by atoms with E-state index in [1.807, 2.05) is 0 Å². The summed E-state index contributed by atoms with van der Waals surface area (Å²) in [6.07, 6.45) is 0.737. The summed E-state index contributed by atoms with van der Waals surface area (Å²) in [6, 6.07) is 2.46. The second-order valence-corrected chi connectivity index (χ2v) is 4.02. The van der Waals surface area contributed by atoms with Crippen LogP contribution >= 0.6 is 0 Å². The predicted octanol–water partition coefficient (Wildman–Crippen LogP) is 0.977. The van der Waals surface area contributed by atoms with Crippen molar-refractivity contribution in [2.45, 2.75) is 12.5 Å². The van der Waals surface area contributed by atoms with Crippen LogP contribution in [0.25, 0.3) is 0 Å². The number of methoxy groups -OCH3 is 1. The first-order valence-electron chi connectivity index (χ1n) is 5.70. The quantitative estimate of drug-likeness (QED) is 0.492. The van der Waals surface area contributed by atoms with Gasteiger partial charge in [0.25, 0.3) is 0 Å². The molecule has 1 saturated heterocycles. The maximum Gasteiger partial charge on any atom is 0.356 e. The van der Waals surface area contributed by atoms with Crippen LogP contribution in [0.4, 0.5) is 11.5 Å². The first-order valence-corrected chi connectivity index (χ1v) is 5.70. The fourth-order valence-electron chi connectivity index (χ4n) is 1.77. The molecule has 1 fully saturated rings. The number of pyridine rings is 1. The van der Waals surface area contributed by atoms with Crippen LogP contribution in [-0.2, 0) is 9.47 Å². The van der Waals surface area contributed by atoms with Crippen molar-refractivity contribution in [2.75, 3.05) is 25.6 Å². The molecule has 0 aliphatic carbocycles. The van der Waals surface area contributed by atoms with E-state index in [0.29, 0.717) is 13.2 Å². The molecule has 8 heteroatoms. The van der Waals surface area contributed by atoms with Gasteiger partial charge < -0.3 is 14.8 Å². The van der Waals surface area contributed by atoms with E-state index in [4.69, 9.17) is 4.74 Å². The van der Waals surface area contributed by atoms with Crippen molar-refractivity contribution in [3.63, 3.8) is 0 Å². The summed E-state index contributed by atoms with van der Waals surface area (Å²) in [7, 11) is 1.23. The molecule has 2 rings (SSSR count). The van der Waals surface area contributed by atoms with Crippen LogP contribution in [0, 0.1) is 10.1 Å². The maximum absolute atomic E-state index is 11.4. The number of nitro groups is 1. The van der Waals surface area contributed by atoms with Crippen molar-refractivity contribution in [1.29, 1.82) is 0 Å². The van der Waals surface area contributed by atoms with Gasteiger partial charge in [-0.25, -0.2) is 9.78 Å². The van der Waals surface area contributed by atoms with Gasteiger partial charge in [-0.3, -0.25) is 10.1 Å². The number of hydrogen-bond acceptors (Lipinski definition) is 7. The summed E-state index contributed by atoms with van der Waals surface area (Å²) in [5.74, 6) is -0.580. The summed E-state index contributed by atoms with van der Waals surface area (Å²) in [6.45, 7) is 1.06. The topological polar surface area (TPSA) is 104 Å². The molecule has 0 bridgehead atoms.